The number of pyridine rings is 1. The van der Waals surface area contributed by atoms with Crippen molar-refractivity contribution in [3.63, 3.8) is 0 Å². The van der Waals surface area contributed by atoms with Gasteiger partial charge in [-0.3, -0.25) is 9.63 Å². The van der Waals surface area contributed by atoms with E-state index >= 15 is 0 Å². The number of carbonyl (C=O) groups is 2. The molecule has 8 nitrogen and oxygen atoms in total. The van der Waals surface area contributed by atoms with Crippen molar-refractivity contribution >= 4 is 17.6 Å². The number of aromatic nitrogens is 1. The zero-order valence-corrected chi connectivity index (χ0v) is 16.7. The van der Waals surface area contributed by atoms with E-state index in [9.17, 15) is 14.0 Å². The lowest BCUT2D eigenvalue weighted by Gasteiger charge is -2.23. The van der Waals surface area contributed by atoms with E-state index in [2.05, 4.69) is 4.98 Å². The molecule has 0 fully saturated rings. The third-order valence-corrected chi connectivity index (χ3v) is 4.77. The molecule has 1 aromatic carbocycles. The van der Waals surface area contributed by atoms with Crippen molar-refractivity contribution in [3.8, 4) is 5.88 Å². The van der Waals surface area contributed by atoms with Crippen LogP contribution >= 0.6 is 0 Å². The SMILES string of the molecule is CON(C)C(=O)c1ccc(COc2cccc(C3=CCN(C(=O)O)CC3)n2)c(F)c1. The Bertz CT molecular complexity index is 979. The minimum absolute atomic E-state index is 0.0529. The summed E-state index contributed by atoms with van der Waals surface area (Å²) in [5, 5.41) is 10.0. The third kappa shape index (κ3) is 4.93. The molecule has 0 bridgehead atoms. The Balaban J connectivity index is 1.66. The quantitative estimate of drug-likeness (QED) is 0.729. The summed E-state index contributed by atoms with van der Waals surface area (Å²) in [5.74, 6) is -0.696. The van der Waals surface area contributed by atoms with Gasteiger partial charge in [0.15, 0.2) is 0 Å². The number of halogens is 1. The van der Waals surface area contributed by atoms with Gasteiger partial charge in [0.2, 0.25) is 5.88 Å². The van der Waals surface area contributed by atoms with Crippen LogP contribution in [0.1, 0.15) is 28.0 Å². The number of carboxylic acid groups (broad SMARTS) is 1. The fraction of sp³-hybridized carbons (Fsp3) is 0.286. The summed E-state index contributed by atoms with van der Waals surface area (Å²) in [6, 6.07) is 9.40. The smallest absolute Gasteiger partial charge is 0.407 e. The van der Waals surface area contributed by atoms with Gasteiger partial charge in [-0.05, 0) is 30.2 Å². The van der Waals surface area contributed by atoms with Gasteiger partial charge >= 0.3 is 6.09 Å². The van der Waals surface area contributed by atoms with Gasteiger partial charge in [-0.2, -0.15) is 0 Å². The second-order valence-electron chi connectivity index (χ2n) is 6.65. The van der Waals surface area contributed by atoms with Gasteiger partial charge in [-0.15, -0.1) is 0 Å². The molecule has 30 heavy (non-hydrogen) atoms. The molecule has 2 amide bonds. The Labute approximate surface area is 173 Å². The monoisotopic (exact) mass is 415 g/mol. The maximum atomic E-state index is 14.4. The molecular weight excluding hydrogens is 393 g/mol. The Hall–Kier alpha value is -3.46. The molecule has 0 unspecified atom stereocenters. The van der Waals surface area contributed by atoms with Gasteiger partial charge < -0.3 is 14.7 Å². The highest BCUT2D eigenvalue weighted by molar-refractivity contribution is 5.93. The highest BCUT2D eigenvalue weighted by Gasteiger charge is 2.18. The topological polar surface area (TPSA) is 92.2 Å². The molecule has 2 aromatic rings. The van der Waals surface area contributed by atoms with Crippen LogP contribution in [0.5, 0.6) is 5.88 Å². The highest BCUT2D eigenvalue weighted by Crippen LogP contribution is 2.23. The van der Waals surface area contributed by atoms with Crippen LogP contribution in [0.2, 0.25) is 0 Å². The summed E-state index contributed by atoms with van der Waals surface area (Å²) < 4.78 is 20.0. The number of benzene rings is 1. The molecule has 0 saturated heterocycles. The predicted molar refractivity (Wildman–Crippen MR) is 106 cm³/mol. The van der Waals surface area contributed by atoms with Gasteiger partial charge in [0.25, 0.3) is 5.91 Å². The highest BCUT2D eigenvalue weighted by atomic mass is 19.1. The van der Waals surface area contributed by atoms with Gasteiger partial charge in [-0.25, -0.2) is 19.2 Å². The number of amides is 2. The largest absolute Gasteiger partial charge is 0.473 e. The fourth-order valence-electron chi connectivity index (χ4n) is 2.96. The average molecular weight is 415 g/mol. The Morgan fingerprint density at radius 1 is 1.30 bits per heavy atom. The Morgan fingerprint density at radius 2 is 2.10 bits per heavy atom. The minimum atomic E-state index is -0.945. The van der Waals surface area contributed by atoms with Gasteiger partial charge in [0, 0.05) is 37.3 Å². The van der Waals surface area contributed by atoms with Crippen molar-refractivity contribution in [2.75, 3.05) is 27.2 Å². The molecule has 0 saturated carbocycles. The van der Waals surface area contributed by atoms with Crippen molar-refractivity contribution in [2.45, 2.75) is 13.0 Å². The van der Waals surface area contributed by atoms with E-state index in [1.54, 1.807) is 12.1 Å². The van der Waals surface area contributed by atoms with Crippen LogP contribution in [0.25, 0.3) is 5.57 Å². The number of hydroxylamine groups is 2. The molecule has 1 aliphatic heterocycles. The number of ether oxygens (including phenoxy) is 1. The Morgan fingerprint density at radius 3 is 2.73 bits per heavy atom. The maximum Gasteiger partial charge on any atom is 0.407 e. The van der Waals surface area contributed by atoms with Crippen molar-refractivity contribution in [1.82, 2.24) is 14.9 Å². The lowest BCUT2D eigenvalue weighted by Crippen LogP contribution is -2.33. The Kier molecular flexibility index (Phi) is 6.63. The molecule has 0 atom stereocenters. The molecular formula is C21H22FN3O5. The van der Waals surface area contributed by atoms with Crippen LogP contribution in [0.3, 0.4) is 0 Å². The van der Waals surface area contributed by atoms with Gasteiger partial charge in [-0.1, -0.05) is 18.2 Å². The molecule has 158 valence electrons. The number of nitrogens with zero attached hydrogens (tertiary/aromatic N) is 3. The average Bonchev–Trinajstić information content (AvgIpc) is 2.77. The van der Waals surface area contributed by atoms with Crippen molar-refractivity contribution < 1.29 is 28.7 Å². The molecule has 0 aliphatic carbocycles. The van der Waals surface area contributed by atoms with Crippen LogP contribution in [-0.4, -0.2) is 59.3 Å². The third-order valence-electron chi connectivity index (χ3n) is 4.77. The van der Waals surface area contributed by atoms with E-state index in [1.165, 1.54) is 31.2 Å². The van der Waals surface area contributed by atoms with E-state index in [0.717, 1.165) is 16.7 Å². The molecule has 0 spiro atoms. The lowest BCUT2D eigenvalue weighted by molar-refractivity contribution is -0.0757. The van der Waals surface area contributed by atoms with E-state index < -0.39 is 17.8 Å². The number of hydrogen-bond acceptors (Lipinski definition) is 5. The van der Waals surface area contributed by atoms with Crippen LogP contribution in [-0.2, 0) is 11.4 Å². The van der Waals surface area contributed by atoms with Crippen LogP contribution in [0, 0.1) is 5.82 Å². The summed E-state index contributed by atoms with van der Waals surface area (Å²) >= 11 is 0. The molecule has 1 N–H and O–H groups in total. The molecule has 1 aliphatic rings. The van der Waals surface area contributed by atoms with E-state index in [4.69, 9.17) is 14.7 Å². The standard InChI is InChI=1S/C21H22FN3O5/c1-24(29-2)20(26)15-6-7-16(17(22)12-15)13-30-19-5-3-4-18(23-19)14-8-10-25(11-9-14)21(27)28/h3-8,12H,9-11,13H2,1-2H3,(H,27,28). The van der Waals surface area contributed by atoms with Crippen LogP contribution in [0.15, 0.2) is 42.5 Å². The lowest BCUT2D eigenvalue weighted by atomic mass is 10.0. The molecule has 1 aromatic heterocycles. The van der Waals surface area contributed by atoms with Crippen molar-refractivity contribution in [2.24, 2.45) is 0 Å². The van der Waals surface area contributed by atoms with Gasteiger partial charge in [0.1, 0.15) is 12.4 Å². The minimum Gasteiger partial charge on any atom is -0.473 e. The second-order valence-corrected chi connectivity index (χ2v) is 6.65. The summed E-state index contributed by atoms with van der Waals surface area (Å²) in [4.78, 5) is 33.6. The normalized spacial score (nSPS) is 13.6. The maximum absolute atomic E-state index is 14.4. The van der Waals surface area contributed by atoms with Gasteiger partial charge in [0.05, 0.1) is 12.8 Å². The fourth-order valence-corrected chi connectivity index (χ4v) is 2.96. The summed E-state index contributed by atoms with van der Waals surface area (Å²) in [7, 11) is 2.79. The zero-order chi connectivity index (χ0) is 21.7. The van der Waals surface area contributed by atoms with Crippen molar-refractivity contribution in [1.29, 1.82) is 0 Å². The predicted octanol–water partition coefficient (Wildman–Crippen LogP) is 3.20. The first-order valence-electron chi connectivity index (χ1n) is 9.26. The zero-order valence-electron chi connectivity index (χ0n) is 16.7. The summed E-state index contributed by atoms with van der Waals surface area (Å²) in [6.45, 7) is 0.664. The number of rotatable bonds is 6. The summed E-state index contributed by atoms with van der Waals surface area (Å²) in [6.07, 6.45) is 1.44. The summed E-state index contributed by atoms with van der Waals surface area (Å²) in [5.41, 5.74) is 2.09. The number of carbonyl (C=O) groups excluding carboxylic acids is 1. The first-order valence-corrected chi connectivity index (χ1v) is 9.26. The van der Waals surface area contributed by atoms with E-state index in [1.807, 2.05) is 12.1 Å². The first-order chi connectivity index (χ1) is 14.4. The van der Waals surface area contributed by atoms with E-state index in [0.29, 0.717) is 31.1 Å². The number of hydrogen-bond donors (Lipinski definition) is 1. The van der Waals surface area contributed by atoms with Crippen LogP contribution < -0.4 is 4.74 Å². The van der Waals surface area contributed by atoms with Crippen LogP contribution in [0.4, 0.5) is 9.18 Å². The molecule has 3 rings (SSSR count). The van der Waals surface area contributed by atoms with Crippen molar-refractivity contribution in [3.05, 3.63) is 65.1 Å². The molecule has 9 heteroatoms. The first kappa shape index (κ1) is 21.3. The van der Waals surface area contributed by atoms with E-state index in [-0.39, 0.29) is 17.7 Å². The molecule has 0 radical (unpaired) electrons. The second kappa shape index (κ2) is 9.36. The molecule has 2 heterocycles.